The molecule has 1 unspecified atom stereocenters. The fourth-order valence-corrected chi connectivity index (χ4v) is 10.7. The van der Waals surface area contributed by atoms with Crippen LogP contribution in [-0.4, -0.2) is 37.2 Å². The van der Waals surface area contributed by atoms with Crippen LogP contribution in [0.5, 0.6) is 0 Å². The Labute approximate surface area is 504 Å². The highest BCUT2D eigenvalue weighted by Gasteiger charge is 2.19. The molecule has 0 spiro atoms. The Morgan fingerprint density at radius 3 is 0.765 bits per heavy atom. The van der Waals surface area contributed by atoms with E-state index in [1.807, 2.05) is 0 Å². The van der Waals surface area contributed by atoms with Crippen molar-refractivity contribution in [2.45, 2.75) is 386 Å². The number of unbranched alkanes of at least 4 members (excludes halogenated alkanes) is 45. The van der Waals surface area contributed by atoms with E-state index in [2.05, 4.69) is 81.5 Å². The molecule has 81 heavy (non-hydrogen) atoms. The number of ether oxygens (including phenoxy) is 3. The van der Waals surface area contributed by atoms with Gasteiger partial charge in [0.25, 0.3) is 0 Å². The summed E-state index contributed by atoms with van der Waals surface area (Å²) in [5, 5.41) is 0. The molecule has 0 aromatic carbocycles. The third kappa shape index (κ3) is 67.8. The Morgan fingerprint density at radius 2 is 0.481 bits per heavy atom. The van der Waals surface area contributed by atoms with Gasteiger partial charge in [0.2, 0.25) is 0 Å². The number of rotatable bonds is 66. The Morgan fingerprint density at radius 1 is 0.259 bits per heavy atom. The van der Waals surface area contributed by atoms with Crippen molar-refractivity contribution in [1.82, 2.24) is 0 Å². The molecule has 6 nitrogen and oxygen atoms in total. The lowest BCUT2D eigenvalue weighted by molar-refractivity contribution is -0.167. The first kappa shape index (κ1) is 78.1. The number of hydrogen-bond donors (Lipinski definition) is 0. The zero-order chi connectivity index (χ0) is 58.5. The fraction of sp³-hybridized carbons (Fsp3) is 0.827. The lowest BCUT2D eigenvalue weighted by atomic mass is 10.0. The SMILES string of the molecule is CC/C=C\C/C=C\C/C=C\C/C=C\CCCCCCCCC(=O)OC(COC(=O)CCCCCCCCCCCCCCCCC/C=C\CCCCCCCCCC)COC(=O)CCCCCCCCCCCCCCCCCCC. The van der Waals surface area contributed by atoms with Crippen molar-refractivity contribution in [2.24, 2.45) is 0 Å². The molecule has 0 aromatic rings. The molecule has 0 aromatic heterocycles. The Hall–Kier alpha value is -2.89. The molecule has 0 heterocycles. The van der Waals surface area contributed by atoms with Crippen LogP contribution in [0.15, 0.2) is 60.8 Å². The molecule has 0 radical (unpaired) electrons. The van der Waals surface area contributed by atoms with E-state index in [9.17, 15) is 14.4 Å². The van der Waals surface area contributed by atoms with Crippen LogP contribution < -0.4 is 0 Å². The van der Waals surface area contributed by atoms with Gasteiger partial charge in [-0.1, -0.05) is 338 Å². The van der Waals surface area contributed by atoms with Gasteiger partial charge in [-0.15, -0.1) is 0 Å². The van der Waals surface area contributed by atoms with Gasteiger partial charge >= 0.3 is 17.9 Å². The monoisotopic (exact) mass is 1130 g/mol. The molecule has 0 aliphatic heterocycles. The van der Waals surface area contributed by atoms with Crippen LogP contribution >= 0.6 is 0 Å². The summed E-state index contributed by atoms with van der Waals surface area (Å²) in [6.45, 7) is 6.58. The molecule has 0 rings (SSSR count). The van der Waals surface area contributed by atoms with Crippen LogP contribution in [0, 0.1) is 0 Å². The highest BCUT2D eigenvalue weighted by Crippen LogP contribution is 2.18. The maximum absolute atomic E-state index is 13.0. The van der Waals surface area contributed by atoms with Crippen LogP contribution in [0.4, 0.5) is 0 Å². The largest absolute Gasteiger partial charge is 0.462 e. The van der Waals surface area contributed by atoms with Gasteiger partial charge < -0.3 is 14.2 Å². The maximum atomic E-state index is 13.0. The topological polar surface area (TPSA) is 78.9 Å². The minimum absolute atomic E-state index is 0.0756. The average Bonchev–Trinajstić information content (AvgIpc) is 3.47. The molecule has 0 saturated heterocycles. The van der Waals surface area contributed by atoms with Crippen molar-refractivity contribution in [3.63, 3.8) is 0 Å². The first-order valence-electron chi connectivity index (χ1n) is 35.8. The Kier molecular flexibility index (Phi) is 67.1. The van der Waals surface area contributed by atoms with Gasteiger partial charge in [-0.05, 0) is 83.5 Å². The van der Waals surface area contributed by atoms with Gasteiger partial charge in [0.1, 0.15) is 13.2 Å². The standard InChI is InChI=1S/C75H136O6/c1-4-7-10-13-16-19-22-25-28-31-33-34-35-36-37-38-39-40-42-44-47-50-53-56-59-62-65-68-74(77)80-71-72(70-79-73(76)67-64-61-58-55-52-49-46-43-30-27-24-21-18-15-12-9-6-3)81-75(78)69-66-63-60-57-54-51-48-45-41-32-29-26-23-20-17-14-11-8-5-2/h8,11,17,20,26,29,31,33,41,45,72H,4-7,9-10,12-16,18-19,21-25,27-28,30,32,34-40,42-44,46-71H2,1-3H3/b11-8-,20-17-,29-26-,33-31-,45-41-. The number of allylic oxidation sites excluding steroid dienone is 10. The van der Waals surface area contributed by atoms with Crippen molar-refractivity contribution < 1.29 is 28.6 Å². The van der Waals surface area contributed by atoms with Crippen LogP contribution in [0.2, 0.25) is 0 Å². The lowest BCUT2D eigenvalue weighted by Crippen LogP contribution is -2.30. The van der Waals surface area contributed by atoms with E-state index >= 15 is 0 Å². The second-order valence-corrected chi connectivity index (χ2v) is 24.1. The van der Waals surface area contributed by atoms with E-state index in [0.717, 1.165) is 96.3 Å². The molecule has 0 saturated carbocycles. The maximum Gasteiger partial charge on any atom is 0.306 e. The minimum Gasteiger partial charge on any atom is -0.462 e. The lowest BCUT2D eigenvalue weighted by Gasteiger charge is -2.18. The summed E-state index contributed by atoms with van der Waals surface area (Å²) < 4.78 is 17.0. The van der Waals surface area contributed by atoms with Crippen LogP contribution in [0.25, 0.3) is 0 Å². The van der Waals surface area contributed by atoms with Crippen LogP contribution in [-0.2, 0) is 28.6 Å². The molecule has 0 bridgehead atoms. The van der Waals surface area contributed by atoms with Gasteiger partial charge in [0, 0.05) is 19.3 Å². The predicted molar refractivity (Wildman–Crippen MR) is 353 cm³/mol. The molecule has 0 aliphatic rings. The van der Waals surface area contributed by atoms with E-state index in [4.69, 9.17) is 14.2 Å². The zero-order valence-corrected chi connectivity index (χ0v) is 54.3. The van der Waals surface area contributed by atoms with Crippen molar-refractivity contribution in [2.75, 3.05) is 13.2 Å². The molecule has 0 aliphatic carbocycles. The summed E-state index contributed by atoms with van der Waals surface area (Å²) in [6, 6.07) is 0. The average molecular weight is 1130 g/mol. The normalized spacial score (nSPS) is 12.4. The van der Waals surface area contributed by atoms with E-state index < -0.39 is 6.10 Å². The second-order valence-electron chi connectivity index (χ2n) is 24.1. The highest BCUT2D eigenvalue weighted by atomic mass is 16.6. The zero-order valence-electron chi connectivity index (χ0n) is 54.3. The summed E-state index contributed by atoms with van der Waals surface area (Å²) >= 11 is 0. The predicted octanol–water partition coefficient (Wildman–Crippen LogP) is 24.7. The first-order valence-corrected chi connectivity index (χ1v) is 35.8. The quantitative estimate of drug-likeness (QED) is 0.0261. The van der Waals surface area contributed by atoms with Gasteiger partial charge in [-0.3, -0.25) is 14.4 Å². The molecular weight excluding hydrogens is 997 g/mol. The third-order valence-electron chi connectivity index (χ3n) is 16.0. The minimum atomic E-state index is -0.782. The second kappa shape index (κ2) is 69.6. The molecule has 0 amide bonds. The van der Waals surface area contributed by atoms with E-state index in [0.29, 0.717) is 19.3 Å². The highest BCUT2D eigenvalue weighted by molar-refractivity contribution is 5.71. The summed E-state index contributed by atoms with van der Waals surface area (Å²) in [5.74, 6) is -0.864. The summed E-state index contributed by atoms with van der Waals surface area (Å²) in [7, 11) is 0. The van der Waals surface area contributed by atoms with E-state index in [1.165, 1.54) is 244 Å². The van der Waals surface area contributed by atoms with E-state index in [-0.39, 0.29) is 31.1 Å². The molecule has 1 atom stereocenters. The summed E-state index contributed by atoms with van der Waals surface area (Å²) in [6.07, 6.45) is 89.6. The molecular formula is C75H136O6. The fourth-order valence-electron chi connectivity index (χ4n) is 10.7. The number of carbonyl (C=O) groups excluding carboxylic acids is 3. The molecule has 472 valence electrons. The molecule has 0 fully saturated rings. The first-order chi connectivity index (χ1) is 40.0. The van der Waals surface area contributed by atoms with Gasteiger partial charge in [-0.2, -0.15) is 0 Å². The summed E-state index contributed by atoms with van der Waals surface area (Å²) in [5.41, 5.74) is 0. The van der Waals surface area contributed by atoms with E-state index in [1.54, 1.807) is 0 Å². The number of hydrogen-bond acceptors (Lipinski definition) is 6. The number of carbonyl (C=O) groups is 3. The van der Waals surface area contributed by atoms with Gasteiger partial charge in [0.05, 0.1) is 0 Å². The molecule has 0 N–H and O–H groups in total. The van der Waals surface area contributed by atoms with Crippen molar-refractivity contribution in [3.8, 4) is 0 Å². The Balaban J connectivity index is 4.29. The van der Waals surface area contributed by atoms with Crippen LogP contribution in [0.3, 0.4) is 0 Å². The third-order valence-corrected chi connectivity index (χ3v) is 16.0. The smallest absolute Gasteiger partial charge is 0.306 e. The van der Waals surface area contributed by atoms with Gasteiger partial charge in [0.15, 0.2) is 6.10 Å². The molecule has 6 heteroatoms. The summed E-state index contributed by atoms with van der Waals surface area (Å²) in [4.78, 5) is 38.5. The Bertz CT molecular complexity index is 1440. The van der Waals surface area contributed by atoms with Gasteiger partial charge in [-0.25, -0.2) is 0 Å². The van der Waals surface area contributed by atoms with Crippen molar-refractivity contribution in [1.29, 1.82) is 0 Å². The van der Waals surface area contributed by atoms with Crippen molar-refractivity contribution in [3.05, 3.63) is 60.8 Å². The number of esters is 3. The van der Waals surface area contributed by atoms with Crippen LogP contribution in [0.1, 0.15) is 380 Å². The van der Waals surface area contributed by atoms with Crippen molar-refractivity contribution >= 4 is 17.9 Å².